The van der Waals surface area contributed by atoms with E-state index < -0.39 is 0 Å². The molecule has 1 aromatic carbocycles. The average Bonchev–Trinajstić information content (AvgIpc) is 2.46. The number of nitriles is 1. The van der Waals surface area contributed by atoms with Crippen LogP contribution in [0.15, 0.2) is 42.6 Å². The van der Waals surface area contributed by atoms with Gasteiger partial charge in [-0.2, -0.15) is 5.26 Å². The third-order valence-electron chi connectivity index (χ3n) is 2.72. The highest BCUT2D eigenvalue weighted by atomic mass is 16.2. The Morgan fingerprint density at radius 3 is 2.47 bits per heavy atom. The van der Waals surface area contributed by atoms with E-state index in [0.29, 0.717) is 22.6 Å². The Hall–Kier alpha value is -2.87. The van der Waals surface area contributed by atoms with Crippen LogP contribution >= 0.6 is 0 Å². The second-order valence-electron chi connectivity index (χ2n) is 3.99. The molecule has 5 nitrogen and oxygen atoms in total. The van der Waals surface area contributed by atoms with Gasteiger partial charge in [0.25, 0.3) is 5.91 Å². The third kappa shape index (κ3) is 2.69. The predicted octanol–water partition coefficient (Wildman–Crippen LogP) is 1.81. The number of anilines is 2. The number of nitrogen functional groups attached to an aromatic ring is 1. The summed E-state index contributed by atoms with van der Waals surface area (Å²) in [6.45, 7) is 0. The summed E-state index contributed by atoms with van der Waals surface area (Å²) in [7, 11) is 1.67. The first-order valence-corrected chi connectivity index (χ1v) is 5.61. The number of amides is 1. The minimum Gasteiger partial charge on any atom is -0.384 e. The van der Waals surface area contributed by atoms with Crippen molar-refractivity contribution < 1.29 is 4.79 Å². The lowest BCUT2D eigenvalue weighted by atomic mass is 10.2. The van der Waals surface area contributed by atoms with E-state index in [1.54, 1.807) is 43.4 Å². The molecule has 0 saturated carbocycles. The summed E-state index contributed by atoms with van der Waals surface area (Å²) in [5.74, 6) is 0.190. The fraction of sp³-hybridized carbons (Fsp3) is 0.0714. The largest absolute Gasteiger partial charge is 0.384 e. The summed E-state index contributed by atoms with van der Waals surface area (Å²) in [6.07, 6.45) is 1.44. The Labute approximate surface area is 110 Å². The Balaban J connectivity index is 2.23. The van der Waals surface area contributed by atoms with E-state index in [-0.39, 0.29) is 5.91 Å². The zero-order valence-corrected chi connectivity index (χ0v) is 10.4. The summed E-state index contributed by atoms with van der Waals surface area (Å²) in [6, 6.07) is 12.0. The van der Waals surface area contributed by atoms with Crippen LogP contribution in [-0.2, 0) is 0 Å². The quantitative estimate of drug-likeness (QED) is 0.883. The number of aromatic nitrogens is 1. The van der Waals surface area contributed by atoms with Crippen LogP contribution in [0.25, 0.3) is 0 Å². The first-order valence-electron chi connectivity index (χ1n) is 5.61. The van der Waals surface area contributed by atoms with Gasteiger partial charge in [0.15, 0.2) is 0 Å². The molecule has 19 heavy (non-hydrogen) atoms. The molecule has 0 aliphatic heterocycles. The van der Waals surface area contributed by atoms with Crippen LogP contribution in [0.5, 0.6) is 0 Å². The van der Waals surface area contributed by atoms with E-state index in [2.05, 4.69) is 4.98 Å². The van der Waals surface area contributed by atoms with E-state index in [1.165, 1.54) is 11.1 Å². The minimum atomic E-state index is -0.183. The van der Waals surface area contributed by atoms with Gasteiger partial charge in [-0.05, 0) is 36.4 Å². The zero-order valence-electron chi connectivity index (χ0n) is 10.4. The molecule has 94 valence electrons. The molecule has 1 amide bonds. The fourth-order valence-corrected chi connectivity index (χ4v) is 1.60. The van der Waals surface area contributed by atoms with Gasteiger partial charge in [-0.15, -0.1) is 0 Å². The maximum Gasteiger partial charge on any atom is 0.259 e. The van der Waals surface area contributed by atoms with Crippen LogP contribution < -0.4 is 10.6 Å². The summed E-state index contributed by atoms with van der Waals surface area (Å²) in [5, 5.41) is 8.73. The molecule has 0 radical (unpaired) electrons. The fourth-order valence-electron chi connectivity index (χ4n) is 1.60. The highest BCUT2D eigenvalue weighted by molar-refractivity contribution is 6.05. The van der Waals surface area contributed by atoms with Crippen LogP contribution in [0.1, 0.15) is 15.9 Å². The van der Waals surface area contributed by atoms with Gasteiger partial charge in [0.1, 0.15) is 5.82 Å². The Morgan fingerprint density at radius 2 is 1.95 bits per heavy atom. The van der Waals surface area contributed by atoms with Crippen LogP contribution in [0.4, 0.5) is 11.5 Å². The van der Waals surface area contributed by atoms with Crippen molar-refractivity contribution in [3.8, 4) is 6.07 Å². The first kappa shape index (κ1) is 12.6. The molecule has 1 heterocycles. The van der Waals surface area contributed by atoms with Crippen molar-refractivity contribution >= 4 is 17.4 Å². The summed E-state index contributed by atoms with van der Waals surface area (Å²) in [5.41, 5.74) is 7.20. The van der Waals surface area contributed by atoms with Gasteiger partial charge in [0.2, 0.25) is 0 Å². The smallest absolute Gasteiger partial charge is 0.259 e. The number of hydrogen-bond acceptors (Lipinski definition) is 4. The Morgan fingerprint density at radius 1 is 1.26 bits per heavy atom. The van der Waals surface area contributed by atoms with Crippen molar-refractivity contribution in [2.24, 2.45) is 0 Å². The van der Waals surface area contributed by atoms with E-state index >= 15 is 0 Å². The molecule has 0 spiro atoms. The summed E-state index contributed by atoms with van der Waals surface area (Å²) < 4.78 is 0. The Kier molecular flexibility index (Phi) is 3.44. The summed E-state index contributed by atoms with van der Waals surface area (Å²) in [4.78, 5) is 17.6. The van der Waals surface area contributed by atoms with Crippen LogP contribution in [0.2, 0.25) is 0 Å². The Bertz CT molecular complexity index is 626. The van der Waals surface area contributed by atoms with Gasteiger partial charge in [-0.25, -0.2) is 4.98 Å². The minimum absolute atomic E-state index is 0.183. The molecule has 2 aromatic rings. The van der Waals surface area contributed by atoms with Gasteiger partial charge in [-0.1, -0.05) is 0 Å². The van der Waals surface area contributed by atoms with Crippen molar-refractivity contribution in [2.45, 2.75) is 0 Å². The molecule has 2 rings (SSSR count). The molecule has 0 atom stereocenters. The number of rotatable bonds is 2. The highest BCUT2D eigenvalue weighted by Crippen LogP contribution is 2.16. The molecule has 2 N–H and O–H groups in total. The van der Waals surface area contributed by atoms with E-state index in [4.69, 9.17) is 11.0 Å². The molecule has 0 saturated heterocycles. The lowest BCUT2D eigenvalue weighted by Gasteiger charge is -2.17. The standard InChI is InChI=1S/C14H12N4O/c1-18(12-5-2-10(8-15)3-6-12)14(19)11-4-7-13(16)17-9-11/h2-7,9H,1H3,(H2,16,17). The van der Waals surface area contributed by atoms with Gasteiger partial charge in [0.05, 0.1) is 17.2 Å². The lowest BCUT2D eigenvalue weighted by molar-refractivity contribution is 0.0992. The number of hydrogen-bond donors (Lipinski definition) is 1. The zero-order chi connectivity index (χ0) is 13.8. The maximum atomic E-state index is 12.2. The van der Waals surface area contributed by atoms with Crippen LogP contribution in [-0.4, -0.2) is 17.9 Å². The summed E-state index contributed by atoms with van der Waals surface area (Å²) >= 11 is 0. The normalized spacial score (nSPS) is 9.68. The van der Waals surface area contributed by atoms with Crippen molar-refractivity contribution in [3.05, 3.63) is 53.7 Å². The molecule has 0 bridgehead atoms. The maximum absolute atomic E-state index is 12.2. The van der Waals surface area contributed by atoms with Gasteiger partial charge < -0.3 is 10.6 Å². The monoisotopic (exact) mass is 252 g/mol. The average molecular weight is 252 g/mol. The van der Waals surface area contributed by atoms with Gasteiger partial charge in [-0.3, -0.25) is 4.79 Å². The molecule has 0 unspecified atom stereocenters. The molecule has 0 fully saturated rings. The highest BCUT2D eigenvalue weighted by Gasteiger charge is 2.13. The molecular formula is C14H12N4O. The number of benzene rings is 1. The molecule has 1 aromatic heterocycles. The van der Waals surface area contributed by atoms with E-state index in [1.807, 2.05) is 6.07 Å². The second kappa shape index (κ2) is 5.19. The third-order valence-corrected chi connectivity index (χ3v) is 2.72. The molecule has 0 aliphatic rings. The van der Waals surface area contributed by atoms with Crippen molar-refractivity contribution in [1.29, 1.82) is 5.26 Å². The molecular weight excluding hydrogens is 240 g/mol. The van der Waals surface area contributed by atoms with E-state index in [0.717, 1.165) is 0 Å². The molecule has 0 aliphatic carbocycles. The van der Waals surface area contributed by atoms with Gasteiger partial charge in [0, 0.05) is 18.9 Å². The number of carbonyl (C=O) groups is 1. The second-order valence-corrected chi connectivity index (χ2v) is 3.99. The molecule has 5 heteroatoms. The van der Waals surface area contributed by atoms with Crippen LogP contribution in [0.3, 0.4) is 0 Å². The SMILES string of the molecule is CN(C(=O)c1ccc(N)nc1)c1ccc(C#N)cc1. The number of nitrogens with two attached hydrogens (primary N) is 1. The number of pyridine rings is 1. The van der Waals surface area contributed by atoms with Crippen LogP contribution in [0, 0.1) is 11.3 Å². The predicted molar refractivity (Wildman–Crippen MR) is 72.5 cm³/mol. The van der Waals surface area contributed by atoms with Crippen molar-refractivity contribution in [2.75, 3.05) is 17.7 Å². The van der Waals surface area contributed by atoms with Crippen molar-refractivity contribution in [1.82, 2.24) is 4.98 Å². The number of nitrogens with zero attached hydrogens (tertiary/aromatic N) is 3. The topological polar surface area (TPSA) is 83.0 Å². The van der Waals surface area contributed by atoms with Crippen molar-refractivity contribution in [3.63, 3.8) is 0 Å². The first-order chi connectivity index (χ1) is 9.11. The van der Waals surface area contributed by atoms with Gasteiger partial charge >= 0.3 is 0 Å². The van der Waals surface area contributed by atoms with E-state index in [9.17, 15) is 4.79 Å². The lowest BCUT2D eigenvalue weighted by Crippen LogP contribution is -2.26. The number of carbonyl (C=O) groups excluding carboxylic acids is 1.